The molecule has 1 aromatic carbocycles. The van der Waals surface area contributed by atoms with Gasteiger partial charge in [-0.15, -0.1) is 0 Å². The van der Waals surface area contributed by atoms with Crippen molar-refractivity contribution in [1.82, 2.24) is 14.3 Å². The molecule has 1 amide bonds. The van der Waals surface area contributed by atoms with Gasteiger partial charge in [0.1, 0.15) is 5.65 Å². The zero-order valence-corrected chi connectivity index (χ0v) is 13.7. The van der Waals surface area contributed by atoms with E-state index in [4.69, 9.17) is 0 Å². The number of aliphatic hydroxyl groups excluding tert-OH is 1. The monoisotopic (exact) mass is 323 g/mol. The molecule has 0 spiro atoms. The van der Waals surface area contributed by atoms with Crippen molar-refractivity contribution in [2.24, 2.45) is 0 Å². The Morgan fingerprint density at radius 2 is 2.00 bits per heavy atom. The quantitative estimate of drug-likeness (QED) is 0.756. The second-order valence-corrected chi connectivity index (χ2v) is 5.86. The first kappa shape index (κ1) is 16.2. The molecule has 0 aliphatic heterocycles. The molecule has 0 radical (unpaired) electrons. The van der Waals surface area contributed by atoms with Crippen LogP contribution in [0.3, 0.4) is 0 Å². The first-order chi connectivity index (χ1) is 11.7. The number of fused-ring (bicyclic) bond motifs is 1. The fourth-order valence-electron chi connectivity index (χ4n) is 2.77. The Morgan fingerprint density at radius 1 is 1.21 bits per heavy atom. The Labute approximate surface area is 141 Å². The maximum atomic E-state index is 12.6. The van der Waals surface area contributed by atoms with Gasteiger partial charge in [0.2, 0.25) is 5.91 Å². The molecule has 0 unspecified atom stereocenters. The van der Waals surface area contributed by atoms with Crippen molar-refractivity contribution in [3.63, 3.8) is 0 Å². The summed E-state index contributed by atoms with van der Waals surface area (Å²) in [5, 5.41) is 9.27. The number of hydrogen-bond donors (Lipinski definition) is 1. The highest BCUT2D eigenvalue weighted by molar-refractivity contribution is 5.78. The predicted molar refractivity (Wildman–Crippen MR) is 92.6 cm³/mol. The van der Waals surface area contributed by atoms with Crippen molar-refractivity contribution < 1.29 is 9.90 Å². The molecule has 3 aromatic rings. The van der Waals surface area contributed by atoms with Crippen LogP contribution < -0.4 is 0 Å². The van der Waals surface area contributed by atoms with Gasteiger partial charge in [0.15, 0.2) is 0 Å². The van der Waals surface area contributed by atoms with Crippen molar-refractivity contribution >= 4 is 11.6 Å². The zero-order chi connectivity index (χ0) is 16.9. The van der Waals surface area contributed by atoms with Gasteiger partial charge in [0.25, 0.3) is 0 Å². The second kappa shape index (κ2) is 7.27. The van der Waals surface area contributed by atoms with Crippen LogP contribution in [0.15, 0.2) is 54.9 Å². The van der Waals surface area contributed by atoms with Gasteiger partial charge in [-0.05, 0) is 24.1 Å². The molecule has 1 N–H and O–H groups in total. The number of imidazole rings is 1. The predicted octanol–water partition coefficient (Wildman–Crippen LogP) is 2.21. The number of hydrogen-bond acceptors (Lipinski definition) is 3. The molecule has 0 bridgehead atoms. The van der Waals surface area contributed by atoms with Crippen molar-refractivity contribution in [1.29, 1.82) is 0 Å². The molecule has 0 aliphatic carbocycles. The number of aliphatic hydroxyl groups is 1. The zero-order valence-electron chi connectivity index (χ0n) is 13.7. The Bertz CT molecular complexity index is 827. The topological polar surface area (TPSA) is 57.8 Å². The first-order valence-corrected chi connectivity index (χ1v) is 8.03. The lowest BCUT2D eigenvalue weighted by molar-refractivity contribution is -0.131. The smallest absolute Gasteiger partial charge is 0.229 e. The molecule has 0 saturated heterocycles. The molecule has 0 saturated carbocycles. The molecule has 24 heavy (non-hydrogen) atoms. The van der Waals surface area contributed by atoms with E-state index >= 15 is 0 Å². The summed E-state index contributed by atoms with van der Waals surface area (Å²) >= 11 is 0. The lowest BCUT2D eigenvalue weighted by atomic mass is 10.2. The summed E-state index contributed by atoms with van der Waals surface area (Å²) in [7, 11) is 0. The van der Waals surface area contributed by atoms with Crippen LogP contribution >= 0.6 is 0 Å². The summed E-state index contributed by atoms with van der Waals surface area (Å²) < 4.78 is 1.94. The van der Waals surface area contributed by atoms with Gasteiger partial charge in [-0.3, -0.25) is 4.79 Å². The number of rotatable bonds is 6. The van der Waals surface area contributed by atoms with E-state index in [-0.39, 0.29) is 18.9 Å². The molecule has 2 aromatic heterocycles. The Balaban J connectivity index is 1.75. The number of carbonyl (C=O) groups is 1. The van der Waals surface area contributed by atoms with E-state index in [0.29, 0.717) is 13.1 Å². The summed E-state index contributed by atoms with van der Waals surface area (Å²) in [5.41, 5.74) is 3.74. The van der Waals surface area contributed by atoms with E-state index in [2.05, 4.69) is 4.98 Å². The third-order valence-corrected chi connectivity index (χ3v) is 4.00. The third-order valence-electron chi connectivity index (χ3n) is 4.00. The minimum Gasteiger partial charge on any atom is -0.395 e. The molecule has 2 heterocycles. The molecule has 3 rings (SSSR count). The molecule has 0 aliphatic rings. The number of pyridine rings is 1. The van der Waals surface area contributed by atoms with Gasteiger partial charge in [-0.25, -0.2) is 4.98 Å². The normalized spacial score (nSPS) is 10.9. The fourth-order valence-corrected chi connectivity index (χ4v) is 2.77. The highest BCUT2D eigenvalue weighted by Gasteiger charge is 2.16. The summed E-state index contributed by atoms with van der Waals surface area (Å²) in [5.74, 6) is -0.0334. The second-order valence-electron chi connectivity index (χ2n) is 5.86. The average molecular weight is 323 g/mol. The van der Waals surface area contributed by atoms with Crippen molar-refractivity contribution in [2.75, 3.05) is 13.2 Å². The molecular formula is C19H21N3O2. The van der Waals surface area contributed by atoms with Crippen LogP contribution in [0.4, 0.5) is 0 Å². The molecule has 5 heteroatoms. The molecule has 0 atom stereocenters. The third kappa shape index (κ3) is 3.63. The maximum absolute atomic E-state index is 12.6. The Hall–Kier alpha value is -2.66. The van der Waals surface area contributed by atoms with E-state index in [1.165, 1.54) is 0 Å². The van der Waals surface area contributed by atoms with Crippen LogP contribution in [0.25, 0.3) is 5.65 Å². The van der Waals surface area contributed by atoms with Crippen molar-refractivity contribution in [3.05, 3.63) is 71.7 Å². The number of benzene rings is 1. The fraction of sp³-hybridized carbons (Fsp3) is 0.263. The maximum Gasteiger partial charge on any atom is 0.229 e. The van der Waals surface area contributed by atoms with Crippen molar-refractivity contribution in [3.8, 4) is 0 Å². The minimum atomic E-state index is -0.0527. The summed E-state index contributed by atoms with van der Waals surface area (Å²) in [4.78, 5) is 18.9. The average Bonchev–Trinajstić information content (AvgIpc) is 2.99. The summed E-state index contributed by atoms with van der Waals surface area (Å²) in [6.07, 6.45) is 4.05. The van der Waals surface area contributed by atoms with Crippen LogP contribution in [-0.4, -0.2) is 38.4 Å². The summed E-state index contributed by atoms with van der Waals surface area (Å²) in [6, 6.07) is 13.8. The first-order valence-electron chi connectivity index (χ1n) is 8.03. The van der Waals surface area contributed by atoms with E-state index < -0.39 is 0 Å². The number of nitrogens with zero attached hydrogens (tertiary/aromatic N) is 3. The largest absolute Gasteiger partial charge is 0.395 e. The van der Waals surface area contributed by atoms with Gasteiger partial charge in [-0.2, -0.15) is 0 Å². The number of carbonyl (C=O) groups excluding carboxylic acids is 1. The highest BCUT2D eigenvalue weighted by atomic mass is 16.3. The molecule has 0 fully saturated rings. The van der Waals surface area contributed by atoms with Crippen LogP contribution in [0.1, 0.15) is 16.8 Å². The van der Waals surface area contributed by atoms with Crippen LogP contribution in [-0.2, 0) is 17.8 Å². The number of aryl methyl sites for hydroxylation is 1. The Morgan fingerprint density at radius 3 is 2.71 bits per heavy atom. The van der Waals surface area contributed by atoms with E-state index in [1.54, 1.807) is 4.90 Å². The number of amides is 1. The minimum absolute atomic E-state index is 0.0334. The lowest BCUT2D eigenvalue weighted by Crippen LogP contribution is -2.34. The summed E-state index contributed by atoms with van der Waals surface area (Å²) in [6.45, 7) is 2.76. The van der Waals surface area contributed by atoms with Crippen molar-refractivity contribution in [2.45, 2.75) is 19.9 Å². The van der Waals surface area contributed by atoms with Gasteiger partial charge < -0.3 is 14.4 Å². The highest BCUT2D eigenvalue weighted by Crippen LogP contribution is 2.12. The molecule has 124 valence electrons. The lowest BCUT2D eigenvalue weighted by Gasteiger charge is -2.21. The van der Waals surface area contributed by atoms with E-state index in [0.717, 1.165) is 22.5 Å². The standard InChI is InChI=1S/C19H21N3O2/c1-15-6-5-9-22-14-17(20-19(15)22)12-18(24)21(10-11-23)13-16-7-3-2-4-8-16/h2-9,14,23H,10-13H2,1H3. The SMILES string of the molecule is Cc1cccn2cc(CC(=O)N(CCO)Cc3ccccc3)nc12. The van der Waals surface area contributed by atoms with Crippen LogP contribution in [0, 0.1) is 6.92 Å². The van der Waals surface area contributed by atoms with Crippen LogP contribution in [0.5, 0.6) is 0 Å². The van der Waals surface area contributed by atoms with E-state index in [1.807, 2.05) is 66.2 Å². The molecular weight excluding hydrogens is 302 g/mol. The van der Waals surface area contributed by atoms with E-state index in [9.17, 15) is 9.90 Å². The Kier molecular flexibility index (Phi) is 4.91. The number of aromatic nitrogens is 2. The molecule has 5 nitrogen and oxygen atoms in total. The van der Waals surface area contributed by atoms with Gasteiger partial charge in [0, 0.05) is 25.5 Å². The van der Waals surface area contributed by atoms with Gasteiger partial charge in [-0.1, -0.05) is 36.4 Å². The van der Waals surface area contributed by atoms with Crippen LogP contribution in [0.2, 0.25) is 0 Å². The van der Waals surface area contributed by atoms with Gasteiger partial charge in [0.05, 0.1) is 18.7 Å². The van der Waals surface area contributed by atoms with Gasteiger partial charge >= 0.3 is 0 Å².